The fraction of sp³-hybridized carbons (Fsp3) is 0.769. The van der Waals surface area contributed by atoms with Crippen LogP contribution in [0.2, 0.25) is 5.28 Å². The van der Waals surface area contributed by atoms with Crippen LogP contribution in [0.3, 0.4) is 0 Å². The summed E-state index contributed by atoms with van der Waals surface area (Å²) in [4.78, 5) is 17.5. The van der Waals surface area contributed by atoms with Crippen LogP contribution in [0.5, 0.6) is 0 Å². The Bertz CT molecular complexity index is 421. The van der Waals surface area contributed by atoms with E-state index in [1.54, 1.807) is 0 Å². The zero-order valence-corrected chi connectivity index (χ0v) is 12.7. The largest absolute Gasteiger partial charge is 0.341 e. The number of anilines is 2. The second-order valence-electron chi connectivity index (χ2n) is 4.77. The smallest absolute Gasteiger partial charge is 0.231 e. The van der Waals surface area contributed by atoms with E-state index in [9.17, 15) is 0 Å². The third-order valence-corrected chi connectivity index (χ3v) is 3.91. The van der Waals surface area contributed by atoms with Crippen LogP contribution in [0.4, 0.5) is 11.9 Å². The molecule has 1 aromatic heterocycles. The molecule has 0 radical (unpaired) electrons. The summed E-state index contributed by atoms with van der Waals surface area (Å²) in [6.07, 6.45) is 3.52. The van der Waals surface area contributed by atoms with Crippen LogP contribution in [0.1, 0.15) is 40.0 Å². The van der Waals surface area contributed by atoms with Crippen molar-refractivity contribution >= 4 is 23.5 Å². The van der Waals surface area contributed by atoms with Gasteiger partial charge in [0.25, 0.3) is 0 Å². The van der Waals surface area contributed by atoms with Crippen molar-refractivity contribution in [2.24, 2.45) is 0 Å². The number of hydrogen-bond acceptors (Lipinski definition) is 5. The SMILES string of the molecule is CCC1CCCN1c1nc(Cl)nc(N(CC)CC)n1. The predicted octanol–water partition coefficient (Wildman–Crippen LogP) is 2.75. The third-order valence-electron chi connectivity index (χ3n) is 3.74. The molecule has 106 valence electrons. The lowest BCUT2D eigenvalue weighted by molar-refractivity contribution is 0.632. The van der Waals surface area contributed by atoms with Crippen molar-refractivity contribution in [3.05, 3.63) is 5.28 Å². The second kappa shape index (κ2) is 6.37. The Morgan fingerprint density at radius 2 is 1.95 bits per heavy atom. The fourth-order valence-corrected chi connectivity index (χ4v) is 2.78. The molecule has 1 fully saturated rings. The van der Waals surface area contributed by atoms with Gasteiger partial charge in [-0.15, -0.1) is 0 Å². The van der Waals surface area contributed by atoms with E-state index in [0.29, 0.717) is 12.0 Å². The molecule has 1 aliphatic heterocycles. The quantitative estimate of drug-likeness (QED) is 0.831. The highest BCUT2D eigenvalue weighted by Gasteiger charge is 2.26. The molecule has 1 atom stereocenters. The van der Waals surface area contributed by atoms with Gasteiger partial charge in [0, 0.05) is 25.7 Å². The monoisotopic (exact) mass is 283 g/mol. The Balaban J connectivity index is 2.30. The van der Waals surface area contributed by atoms with E-state index >= 15 is 0 Å². The van der Waals surface area contributed by atoms with Crippen molar-refractivity contribution in [1.29, 1.82) is 0 Å². The van der Waals surface area contributed by atoms with Gasteiger partial charge in [0.1, 0.15) is 0 Å². The summed E-state index contributed by atoms with van der Waals surface area (Å²) in [6, 6.07) is 0.531. The zero-order valence-electron chi connectivity index (χ0n) is 11.9. The van der Waals surface area contributed by atoms with Gasteiger partial charge in [0.2, 0.25) is 17.2 Å². The minimum Gasteiger partial charge on any atom is -0.341 e. The fourth-order valence-electron chi connectivity index (χ4n) is 2.63. The van der Waals surface area contributed by atoms with Gasteiger partial charge in [-0.25, -0.2) is 0 Å². The summed E-state index contributed by atoms with van der Waals surface area (Å²) in [5.41, 5.74) is 0. The van der Waals surface area contributed by atoms with Gasteiger partial charge in [-0.2, -0.15) is 15.0 Å². The van der Waals surface area contributed by atoms with Gasteiger partial charge in [-0.05, 0) is 44.7 Å². The van der Waals surface area contributed by atoms with Crippen molar-refractivity contribution in [1.82, 2.24) is 15.0 Å². The van der Waals surface area contributed by atoms with Crippen molar-refractivity contribution in [3.8, 4) is 0 Å². The van der Waals surface area contributed by atoms with Crippen LogP contribution >= 0.6 is 11.6 Å². The summed E-state index contributed by atoms with van der Waals surface area (Å²) in [5, 5.41) is 0.286. The maximum absolute atomic E-state index is 6.06. The maximum Gasteiger partial charge on any atom is 0.231 e. The molecule has 1 saturated heterocycles. The Morgan fingerprint density at radius 3 is 2.58 bits per heavy atom. The standard InChI is InChI=1S/C13H22ClN5/c1-4-10-8-7-9-19(10)13-16-11(14)15-12(17-13)18(5-2)6-3/h10H,4-9H2,1-3H3. The highest BCUT2D eigenvalue weighted by molar-refractivity contribution is 6.28. The molecule has 1 unspecified atom stereocenters. The predicted molar refractivity (Wildman–Crippen MR) is 79.1 cm³/mol. The normalized spacial score (nSPS) is 18.9. The number of aromatic nitrogens is 3. The van der Waals surface area contributed by atoms with E-state index in [1.807, 2.05) is 0 Å². The molecular weight excluding hydrogens is 262 g/mol. The lowest BCUT2D eigenvalue weighted by Gasteiger charge is -2.25. The van der Waals surface area contributed by atoms with Crippen LogP contribution in [-0.4, -0.2) is 40.6 Å². The molecule has 2 rings (SSSR count). The first kappa shape index (κ1) is 14.3. The molecule has 0 N–H and O–H groups in total. The number of rotatable bonds is 5. The van der Waals surface area contributed by atoms with Crippen molar-refractivity contribution < 1.29 is 0 Å². The summed E-state index contributed by atoms with van der Waals surface area (Å²) >= 11 is 6.06. The lowest BCUT2D eigenvalue weighted by atomic mass is 10.2. The topological polar surface area (TPSA) is 45.2 Å². The first-order chi connectivity index (χ1) is 9.19. The zero-order chi connectivity index (χ0) is 13.8. The molecule has 19 heavy (non-hydrogen) atoms. The summed E-state index contributed by atoms with van der Waals surface area (Å²) < 4.78 is 0. The van der Waals surface area contributed by atoms with Crippen LogP contribution in [0.15, 0.2) is 0 Å². The van der Waals surface area contributed by atoms with E-state index in [0.717, 1.165) is 32.0 Å². The number of hydrogen-bond donors (Lipinski definition) is 0. The molecule has 5 nitrogen and oxygen atoms in total. The Morgan fingerprint density at radius 1 is 1.21 bits per heavy atom. The summed E-state index contributed by atoms with van der Waals surface area (Å²) in [7, 11) is 0. The van der Waals surface area contributed by atoms with E-state index in [4.69, 9.17) is 11.6 Å². The van der Waals surface area contributed by atoms with Gasteiger partial charge >= 0.3 is 0 Å². The Hall–Kier alpha value is -1.10. The van der Waals surface area contributed by atoms with Gasteiger partial charge < -0.3 is 9.80 Å². The van der Waals surface area contributed by atoms with Crippen LogP contribution in [0.25, 0.3) is 0 Å². The first-order valence-corrected chi connectivity index (χ1v) is 7.50. The van der Waals surface area contributed by atoms with Crippen molar-refractivity contribution in [3.63, 3.8) is 0 Å². The molecule has 0 spiro atoms. The summed E-state index contributed by atoms with van der Waals surface area (Å²) in [5.74, 6) is 1.41. The molecule has 0 aromatic carbocycles. The van der Waals surface area contributed by atoms with Crippen LogP contribution in [0, 0.1) is 0 Å². The molecule has 0 saturated carbocycles. The first-order valence-electron chi connectivity index (χ1n) is 7.12. The average molecular weight is 284 g/mol. The molecule has 1 aromatic rings. The molecule has 2 heterocycles. The third kappa shape index (κ3) is 3.08. The van der Waals surface area contributed by atoms with Gasteiger partial charge in [-0.1, -0.05) is 6.92 Å². The summed E-state index contributed by atoms with van der Waals surface area (Å²) in [6.45, 7) is 9.13. The second-order valence-corrected chi connectivity index (χ2v) is 5.11. The minimum absolute atomic E-state index is 0.286. The van der Waals surface area contributed by atoms with E-state index < -0.39 is 0 Å². The highest BCUT2D eigenvalue weighted by Crippen LogP contribution is 2.26. The van der Waals surface area contributed by atoms with Crippen molar-refractivity contribution in [2.75, 3.05) is 29.4 Å². The van der Waals surface area contributed by atoms with E-state index in [-0.39, 0.29) is 5.28 Å². The van der Waals surface area contributed by atoms with E-state index in [2.05, 4.69) is 45.5 Å². The molecule has 0 bridgehead atoms. The van der Waals surface area contributed by atoms with E-state index in [1.165, 1.54) is 12.8 Å². The molecule has 0 amide bonds. The molecule has 1 aliphatic rings. The lowest BCUT2D eigenvalue weighted by Crippen LogP contribution is -2.32. The number of halogens is 1. The number of nitrogens with zero attached hydrogens (tertiary/aromatic N) is 5. The maximum atomic E-state index is 6.06. The highest BCUT2D eigenvalue weighted by atomic mass is 35.5. The molecule has 6 heteroatoms. The molecular formula is C13H22ClN5. The average Bonchev–Trinajstić information content (AvgIpc) is 2.88. The van der Waals surface area contributed by atoms with Crippen LogP contribution < -0.4 is 9.80 Å². The Labute approximate surface area is 120 Å². The Kier molecular flexibility index (Phi) is 4.80. The van der Waals surface area contributed by atoms with Crippen LogP contribution in [-0.2, 0) is 0 Å². The van der Waals surface area contributed by atoms with Gasteiger partial charge in [0.05, 0.1) is 0 Å². The van der Waals surface area contributed by atoms with Gasteiger partial charge in [-0.3, -0.25) is 0 Å². The molecule has 0 aliphatic carbocycles. The minimum atomic E-state index is 0.286. The van der Waals surface area contributed by atoms with Crippen molar-refractivity contribution in [2.45, 2.75) is 46.1 Å². The van der Waals surface area contributed by atoms with Gasteiger partial charge in [0.15, 0.2) is 0 Å².